The molecule has 0 aromatic heterocycles. The van der Waals surface area contributed by atoms with Gasteiger partial charge < -0.3 is 0 Å². The Hall–Kier alpha value is -1.96. The van der Waals surface area contributed by atoms with E-state index in [1.54, 1.807) is 12.2 Å². The number of non-ortho nitro benzene ring substituents is 1. The molecule has 0 aliphatic heterocycles. The second kappa shape index (κ2) is 8.82. The van der Waals surface area contributed by atoms with E-state index in [2.05, 4.69) is 0 Å². The van der Waals surface area contributed by atoms with Gasteiger partial charge in [0.05, 0.1) is 22.2 Å². The van der Waals surface area contributed by atoms with Crippen LogP contribution in [-0.4, -0.2) is 21.4 Å². The third kappa shape index (κ3) is 4.86. The third-order valence-corrected chi connectivity index (χ3v) is 5.75. The molecule has 2 rings (SSSR count). The number of halogens is 2. The predicted molar refractivity (Wildman–Crippen MR) is 114 cm³/mol. The van der Waals surface area contributed by atoms with Gasteiger partial charge >= 0.3 is 0 Å². The van der Waals surface area contributed by atoms with Gasteiger partial charge in [-0.05, 0) is 58.2 Å². The fourth-order valence-electron chi connectivity index (χ4n) is 2.38. The van der Waals surface area contributed by atoms with Gasteiger partial charge in [0.1, 0.15) is 0 Å². The number of carbonyl (C=O) groups is 2. The summed E-state index contributed by atoms with van der Waals surface area (Å²) >= 11 is 3.76. The van der Waals surface area contributed by atoms with E-state index in [0.29, 0.717) is 7.15 Å². The van der Waals surface area contributed by atoms with Crippen molar-refractivity contribution in [1.29, 1.82) is 0 Å². The van der Waals surface area contributed by atoms with Gasteiger partial charge in [-0.15, -0.1) is 0 Å². The monoisotopic (exact) mass is 594 g/mol. The second-order valence-corrected chi connectivity index (χ2v) is 7.96. The van der Waals surface area contributed by atoms with Gasteiger partial charge in [0.15, 0.2) is 11.6 Å². The molecule has 1 aliphatic rings. The van der Waals surface area contributed by atoms with E-state index in [0.717, 1.165) is 6.07 Å². The molecule has 0 amide bonds. The van der Waals surface area contributed by atoms with Crippen LogP contribution >= 0.6 is 45.2 Å². The Balaban J connectivity index is 2.42. The van der Waals surface area contributed by atoms with Crippen molar-refractivity contribution in [2.75, 3.05) is 0 Å². The first-order chi connectivity index (χ1) is 12.6. The van der Waals surface area contributed by atoms with Crippen LogP contribution in [0, 0.1) is 29.7 Å². The van der Waals surface area contributed by atoms with Crippen molar-refractivity contribution >= 4 is 62.4 Å². The van der Waals surface area contributed by atoms with Gasteiger partial charge in [-0.1, -0.05) is 12.2 Å². The van der Waals surface area contributed by atoms with Crippen LogP contribution in [0.2, 0.25) is 0 Å². The van der Waals surface area contributed by atoms with Gasteiger partial charge in [-0.2, -0.15) is 0 Å². The summed E-state index contributed by atoms with van der Waals surface area (Å²) in [6, 6.07) is 3.85. The molecule has 1 aromatic rings. The first kappa shape index (κ1) is 21.3. The topological polar surface area (TPSA) is 120 Å². The zero-order chi connectivity index (χ0) is 20.3. The van der Waals surface area contributed by atoms with Crippen LogP contribution in [0.3, 0.4) is 0 Å². The molecule has 1 aliphatic carbocycles. The number of nitrogens with zero attached hydrogens (tertiary/aromatic N) is 2. The number of nitro benzene ring substituents is 1. The molecule has 1 atom stereocenters. The molecule has 1 unspecified atom stereocenters. The maximum absolute atomic E-state index is 12.9. The molecule has 140 valence electrons. The zero-order valence-corrected chi connectivity index (χ0v) is 18.2. The van der Waals surface area contributed by atoms with Gasteiger partial charge in [0.25, 0.3) is 11.4 Å². The summed E-state index contributed by atoms with van der Waals surface area (Å²) < 4.78 is 0.969. The lowest BCUT2D eigenvalue weighted by atomic mass is 9.91. The lowest BCUT2D eigenvalue weighted by Crippen LogP contribution is -2.24. The molecule has 10 heteroatoms. The summed E-state index contributed by atoms with van der Waals surface area (Å²) in [6.07, 6.45) is 4.43. The Morgan fingerprint density at radius 1 is 1.11 bits per heavy atom. The van der Waals surface area contributed by atoms with Crippen molar-refractivity contribution in [2.24, 2.45) is 5.92 Å². The zero-order valence-electron chi connectivity index (χ0n) is 13.8. The average Bonchev–Trinajstić information content (AvgIpc) is 2.81. The van der Waals surface area contributed by atoms with Crippen LogP contribution in [0.25, 0.3) is 0 Å². The summed E-state index contributed by atoms with van der Waals surface area (Å²) in [5, 5.41) is 22.0. The standard InChI is InChI=1S/C17H12I2N2O6/c1-9(17(23)13-8-11(21(26)27)5-6-15(13)19)16(22)12-7-10(20(24)25)3-2-4-14(12)18/h2,4-9H,3H2,1H3. The Labute approximate surface area is 181 Å². The van der Waals surface area contributed by atoms with Gasteiger partial charge in [0.2, 0.25) is 0 Å². The Morgan fingerprint density at radius 3 is 2.37 bits per heavy atom. The quantitative estimate of drug-likeness (QED) is 0.159. The lowest BCUT2D eigenvalue weighted by molar-refractivity contribution is -0.426. The molecule has 0 heterocycles. The molecular weight excluding hydrogens is 582 g/mol. The molecular formula is C17H12I2N2O6. The lowest BCUT2D eigenvalue weighted by Gasteiger charge is -2.12. The summed E-state index contributed by atoms with van der Waals surface area (Å²) in [6.45, 7) is 1.39. The number of hydrogen-bond donors (Lipinski definition) is 0. The van der Waals surface area contributed by atoms with Crippen LogP contribution < -0.4 is 0 Å². The number of ketones is 2. The Kier molecular flexibility index (Phi) is 6.97. The van der Waals surface area contributed by atoms with Crippen molar-refractivity contribution < 1.29 is 19.4 Å². The van der Waals surface area contributed by atoms with Gasteiger partial charge in [-0.3, -0.25) is 29.8 Å². The smallest absolute Gasteiger partial charge is 0.270 e. The number of rotatable bonds is 6. The molecule has 1 aromatic carbocycles. The molecule has 0 bridgehead atoms. The normalized spacial score (nSPS) is 15.0. The first-order valence-electron chi connectivity index (χ1n) is 7.57. The number of Topliss-reactive ketones (excluding diaryl/α,β-unsaturated/α-hetero) is 2. The van der Waals surface area contributed by atoms with Crippen LogP contribution in [0.5, 0.6) is 0 Å². The first-order valence-corrected chi connectivity index (χ1v) is 9.73. The van der Waals surface area contributed by atoms with E-state index >= 15 is 0 Å². The highest BCUT2D eigenvalue weighted by Crippen LogP contribution is 2.28. The number of allylic oxidation sites excluding steroid dienone is 5. The molecule has 0 N–H and O–H groups in total. The fraction of sp³-hybridized carbons (Fsp3) is 0.176. The highest BCUT2D eigenvalue weighted by Gasteiger charge is 2.30. The van der Waals surface area contributed by atoms with Crippen molar-refractivity contribution in [3.05, 3.63) is 80.6 Å². The maximum atomic E-state index is 12.9. The van der Waals surface area contributed by atoms with Crippen molar-refractivity contribution in [2.45, 2.75) is 13.3 Å². The fourth-order valence-corrected chi connectivity index (χ4v) is 3.66. The van der Waals surface area contributed by atoms with Gasteiger partial charge in [0, 0.05) is 36.5 Å². The van der Waals surface area contributed by atoms with Crippen LogP contribution in [-0.2, 0) is 4.79 Å². The average molecular weight is 594 g/mol. The molecule has 0 spiro atoms. The van der Waals surface area contributed by atoms with E-state index < -0.39 is 27.3 Å². The highest BCUT2D eigenvalue weighted by atomic mass is 127. The van der Waals surface area contributed by atoms with Crippen LogP contribution in [0.4, 0.5) is 5.69 Å². The van der Waals surface area contributed by atoms with Crippen LogP contribution in [0.15, 0.2) is 51.3 Å². The molecule has 0 saturated carbocycles. The molecule has 8 nitrogen and oxygen atoms in total. The molecule has 0 radical (unpaired) electrons. The molecule has 0 saturated heterocycles. The number of benzene rings is 1. The number of hydrogen-bond acceptors (Lipinski definition) is 6. The molecule has 0 fully saturated rings. The van der Waals surface area contributed by atoms with E-state index in [4.69, 9.17) is 0 Å². The molecule has 27 heavy (non-hydrogen) atoms. The minimum atomic E-state index is -1.14. The van der Waals surface area contributed by atoms with Crippen molar-refractivity contribution in [1.82, 2.24) is 0 Å². The SMILES string of the molecule is CC(C(=O)C1=C(I)C=CCC([N+](=O)[O-])=C1)C(=O)c1cc([N+](=O)[O-])ccc1I. The summed E-state index contributed by atoms with van der Waals surface area (Å²) in [7, 11) is 0. The van der Waals surface area contributed by atoms with Crippen LogP contribution in [0.1, 0.15) is 23.7 Å². The summed E-state index contributed by atoms with van der Waals surface area (Å²) in [5.74, 6) is -2.29. The highest BCUT2D eigenvalue weighted by molar-refractivity contribution is 14.1. The Bertz CT molecular complexity index is 949. The summed E-state index contributed by atoms with van der Waals surface area (Å²) in [5.41, 5.74) is -0.243. The number of carbonyl (C=O) groups excluding carboxylic acids is 2. The second-order valence-electron chi connectivity index (χ2n) is 5.63. The van der Waals surface area contributed by atoms with Crippen molar-refractivity contribution in [3.63, 3.8) is 0 Å². The summed E-state index contributed by atoms with van der Waals surface area (Å²) in [4.78, 5) is 46.5. The Morgan fingerprint density at radius 2 is 1.78 bits per heavy atom. The van der Waals surface area contributed by atoms with Crippen molar-refractivity contribution in [3.8, 4) is 0 Å². The van der Waals surface area contributed by atoms with Gasteiger partial charge in [-0.25, -0.2) is 0 Å². The largest absolute Gasteiger partial charge is 0.293 e. The third-order valence-electron chi connectivity index (χ3n) is 3.87. The van der Waals surface area contributed by atoms with E-state index in [1.807, 2.05) is 45.2 Å². The number of nitro groups is 2. The van der Waals surface area contributed by atoms with E-state index in [-0.39, 0.29) is 28.9 Å². The minimum absolute atomic E-state index is 0.0708. The minimum Gasteiger partial charge on any atom is -0.293 e. The van der Waals surface area contributed by atoms with E-state index in [9.17, 15) is 29.8 Å². The predicted octanol–water partition coefficient (Wildman–Crippen LogP) is 4.40. The maximum Gasteiger partial charge on any atom is 0.270 e. The van der Waals surface area contributed by atoms with E-state index in [1.165, 1.54) is 25.1 Å².